The molecule has 2 aliphatic heterocycles. The molecule has 6 aromatic rings. The van der Waals surface area contributed by atoms with Crippen molar-refractivity contribution in [2.24, 2.45) is 22.2 Å². The molecule has 6 aliphatic rings. The number of likely N-dealkylation sites (N-methyl/N-ethyl adjacent to an activating group) is 1. The number of unbranched alkanes of at least 4 members (excludes halogenated alkanes) is 2. The van der Waals surface area contributed by atoms with Crippen molar-refractivity contribution >= 4 is 97.6 Å². The Balaban J connectivity index is 0.651. The van der Waals surface area contributed by atoms with Gasteiger partial charge in [-0.15, -0.1) is 0 Å². The molecule has 3 aromatic carbocycles. The number of thiazole rings is 1. The highest BCUT2D eigenvalue weighted by Crippen LogP contribution is 2.72. The van der Waals surface area contributed by atoms with Gasteiger partial charge in [0.15, 0.2) is 10.8 Å². The number of ether oxygens (including phenoxy) is 2. The Morgan fingerprint density at radius 2 is 1.50 bits per heavy atom. The van der Waals surface area contributed by atoms with Gasteiger partial charge in [0.1, 0.15) is 30.6 Å². The van der Waals surface area contributed by atoms with E-state index in [4.69, 9.17) is 19.6 Å². The number of fused-ring (bicyclic) bond motifs is 2. The number of aromatic nitrogens is 4. The largest absolute Gasteiger partial charge is 0.481 e. The van der Waals surface area contributed by atoms with Crippen LogP contribution in [0.5, 0.6) is 0 Å². The van der Waals surface area contributed by atoms with Crippen LogP contribution >= 0.6 is 11.3 Å². The Labute approximate surface area is 583 Å². The molecule has 0 saturated heterocycles. The number of imide groups is 1. The molecule has 0 radical (unpaired) electrons. The lowest BCUT2D eigenvalue weighted by atomic mass is 9.39. The Morgan fingerprint density at radius 3 is 2.20 bits per heavy atom. The molecule has 4 aliphatic carbocycles. The lowest BCUT2D eigenvalue weighted by molar-refractivity contribution is -0.248. The van der Waals surface area contributed by atoms with Gasteiger partial charge in [0.2, 0.25) is 23.6 Å². The Kier molecular flexibility index (Phi) is 21.1. The van der Waals surface area contributed by atoms with Crippen molar-refractivity contribution in [1.82, 2.24) is 45.5 Å². The lowest BCUT2D eigenvalue weighted by Crippen LogP contribution is -2.64. The minimum Gasteiger partial charge on any atom is -0.481 e. The summed E-state index contributed by atoms with van der Waals surface area (Å²) in [6.07, 6.45) is 10.0. The molecule has 5 heterocycles. The van der Waals surface area contributed by atoms with Gasteiger partial charge in [-0.05, 0) is 153 Å². The van der Waals surface area contributed by atoms with Crippen LogP contribution < -0.4 is 31.5 Å². The molecule has 27 heteroatoms. The molecule has 4 bridgehead atoms. The number of nitrogens with one attached hydrogen (secondary N) is 5. The number of anilines is 3. The van der Waals surface area contributed by atoms with E-state index in [9.17, 15) is 58.2 Å². The summed E-state index contributed by atoms with van der Waals surface area (Å²) in [6, 6.07) is 19.9. The summed E-state index contributed by atoms with van der Waals surface area (Å²) >= 11 is 1.40. The number of benzene rings is 3. The standard InChI is InChI=1S/C73H86N12O14S/c1-43(2)61(80-57(86)18-9-8-12-28-84-58(87)25-26-59(84)88)65(93)75-44(3)63(91)76-48-21-19-46(20-22-48)35-98-69(97)78-54(32-60(89)90)66(94)82(7)30-31-99-73-39-70(5)36-71(6,40-73)38-72(37-70,41-73)42-85-45(4)51(33-74-85)49-23-24-56(79-62(49)67(95)96)83-29-27-47-14-13-15-50(52(47)34-83)64(92)81-68-77-53-16-10-11-17-55(53)100-68/h10-11,13-17,19-26,33,43-44,54,61H,8-9,12,18,27-32,34-42H2,1-7H3,(H,75,93)(H,76,91)(H,78,97)(H,80,86)(H,89,90)(H,95,96)(H,77,81,92)/t44-,54-,61-,70?,71?,72?,73?/m0/s1. The first-order chi connectivity index (χ1) is 47.6. The molecule has 4 fully saturated rings. The van der Waals surface area contributed by atoms with Crippen molar-refractivity contribution in [3.05, 3.63) is 131 Å². The van der Waals surface area contributed by atoms with Crippen LogP contribution in [0.1, 0.15) is 148 Å². The number of amides is 8. The maximum atomic E-state index is 13.9. The fraction of sp³-hybridized carbons (Fsp3) is 0.466. The van der Waals surface area contributed by atoms with Crippen molar-refractivity contribution in [3.63, 3.8) is 0 Å². The molecule has 5 atom stereocenters. The zero-order chi connectivity index (χ0) is 71.4. The van der Waals surface area contributed by atoms with Gasteiger partial charge in [0.25, 0.3) is 17.7 Å². The molecule has 3 aromatic heterocycles. The predicted molar refractivity (Wildman–Crippen MR) is 372 cm³/mol. The number of hydrogen-bond acceptors (Lipinski definition) is 17. The van der Waals surface area contributed by atoms with E-state index in [1.165, 1.54) is 42.4 Å². The topological polar surface area (TPSA) is 343 Å². The second kappa shape index (κ2) is 29.5. The number of hydrogen-bond donors (Lipinski definition) is 7. The number of alkyl carbamates (subject to hydrolysis) is 1. The van der Waals surface area contributed by atoms with E-state index in [2.05, 4.69) is 45.4 Å². The van der Waals surface area contributed by atoms with E-state index in [0.29, 0.717) is 84.2 Å². The average molecular weight is 1390 g/mol. The molecule has 26 nitrogen and oxygen atoms in total. The van der Waals surface area contributed by atoms with Gasteiger partial charge >= 0.3 is 18.0 Å². The summed E-state index contributed by atoms with van der Waals surface area (Å²) < 4.78 is 15.3. The molecule has 0 spiro atoms. The van der Waals surface area contributed by atoms with Gasteiger partial charge in [-0.1, -0.05) is 81.9 Å². The summed E-state index contributed by atoms with van der Waals surface area (Å²) in [5.41, 5.74) is 4.96. The van der Waals surface area contributed by atoms with Crippen LogP contribution in [0.3, 0.4) is 0 Å². The first-order valence-corrected chi connectivity index (χ1v) is 34.8. The number of carboxylic acid groups (broad SMARTS) is 2. The normalized spacial score (nSPS) is 21.3. The van der Waals surface area contributed by atoms with E-state index in [-0.39, 0.29) is 84.2 Å². The first-order valence-electron chi connectivity index (χ1n) is 34.0. The fourth-order valence-electron chi connectivity index (χ4n) is 16.4. The summed E-state index contributed by atoms with van der Waals surface area (Å²) in [6.45, 7) is 13.3. The minimum atomic E-state index is -1.47. The molecule has 4 saturated carbocycles. The van der Waals surface area contributed by atoms with Crippen molar-refractivity contribution in [1.29, 1.82) is 0 Å². The number of para-hydroxylation sites is 1. The summed E-state index contributed by atoms with van der Waals surface area (Å²) in [5, 5.41) is 39.6. The van der Waals surface area contributed by atoms with E-state index in [1.54, 1.807) is 56.4 Å². The smallest absolute Gasteiger partial charge is 0.408 e. The van der Waals surface area contributed by atoms with Crippen LogP contribution in [-0.4, -0.2) is 156 Å². The zero-order valence-corrected chi connectivity index (χ0v) is 58.1. The van der Waals surface area contributed by atoms with Gasteiger partial charge in [-0.25, -0.2) is 19.6 Å². The van der Waals surface area contributed by atoms with Crippen molar-refractivity contribution < 1.29 is 67.6 Å². The summed E-state index contributed by atoms with van der Waals surface area (Å²) in [5.74, 6) is -5.40. The van der Waals surface area contributed by atoms with Gasteiger partial charge in [0.05, 0.1) is 35.0 Å². The number of carbonyl (C=O) groups is 10. The van der Waals surface area contributed by atoms with Gasteiger partial charge < -0.3 is 50.8 Å². The second-order valence-corrected chi connectivity index (χ2v) is 29.8. The molecule has 12 rings (SSSR count). The quantitative estimate of drug-likeness (QED) is 0.0170. The third-order valence-electron chi connectivity index (χ3n) is 19.9. The summed E-state index contributed by atoms with van der Waals surface area (Å²) in [4.78, 5) is 143. The number of carbonyl (C=O) groups excluding carboxylic acids is 8. The monoisotopic (exact) mass is 1390 g/mol. The molecule has 7 N–H and O–H groups in total. The number of aliphatic carboxylic acids is 1. The lowest BCUT2D eigenvalue weighted by Gasteiger charge is -2.69. The maximum Gasteiger partial charge on any atom is 0.408 e. The Morgan fingerprint density at radius 1 is 0.770 bits per heavy atom. The van der Waals surface area contributed by atoms with Gasteiger partial charge in [0, 0.05) is 86.4 Å². The number of nitrogens with zero attached hydrogens (tertiary/aromatic N) is 7. The third-order valence-corrected chi connectivity index (χ3v) is 20.9. The molecule has 528 valence electrons. The first kappa shape index (κ1) is 71.4. The Bertz CT molecular complexity index is 4150. The number of carboxylic acids is 2. The van der Waals surface area contributed by atoms with Crippen molar-refractivity contribution in [2.75, 3.05) is 48.8 Å². The van der Waals surface area contributed by atoms with Crippen molar-refractivity contribution in [3.8, 4) is 11.1 Å². The van der Waals surface area contributed by atoms with E-state index in [0.717, 1.165) is 70.5 Å². The molecule has 100 heavy (non-hydrogen) atoms. The van der Waals surface area contributed by atoms with Crippen LogP contribution in [0.15, 0.2) is 97.2 Å². The number of rotatable bonds is 29. The van der Waals surface area contributed by atoms with Crippen LogP contribution in [-0.2, 0) is 69.2 Å². The van der Waals surface area contributed by atoms with Crippen LogP contribution in [0, 0.1) is 29.1 Å². The maximum absolute atomic E-state index is 13.9. The minimum absolute atomic E-state index is 0.0660. The summed E-state index contributed by atoms with van der Waals surface area (Å²) in [7, 11) is 1.53. The number of pyridine rings is 1. The Hall–Kier alpha value is -9.89. The highest BCUT2D eigenvalue weighted by Gasteiger charge is 2.66. The molecule has 8 amide bonds. The van der Waals surface area contributed by atoms with E-state index >= 15 is 0 Å². The van der Waals surface area contributed by atoms with Gasteiger partial charge in [-0.3, -0.25) is 53.3 Å². The molecular formula is C73H86N12O14S. The number of aromatic carboxylic acids is 1. The van der Waals surface area contributed by atoms with Crippen LogP contribution in [0.25, 0.3) is 21.3 Å². The van der Waals surface area contributed by atoms with Crippen molar-refractivity contribution in [2.45, 2.75) is 162 Å². The molecule has 2 unspecified atom stereocenters. The second-order valence-electron chi connectivity index (χ2n) is 28.7. The zero-order valence-electron chi connectivity index (χ0n) is 57.3. The SMILES string of the molecule is Cc1c(-c2ccc(N3CCc4cccc(C(=O)Nc5nc6ccccc6s5)c4C3)nc2C(=O)O)cnn1CC12CC3(C)CC(C)(C1)CC(OCCN(C)C(=O)[C@H](CC(=O)O)NC(=O)OCc1ccc(NC(=O)[C@H](C)NC(=O)[C@@H](NC(=O)CCCCCN4C(=O)C=CC4=O)C(C)C)cc1)(C3)C2. The molecular weight excluding hydrogens is 1300 g/mol. The van der Waals surface area contributed by atoms with E-state index in [1.807, 2.05) is 59.0 Å². The highest BCUT2D eigenvalue weighted by molar-refractivity contribution is 7.22. The predicted octanol–water partition coefficient (Wildman–Crippen LogP) is 8.81. The van der Waals surface area contributed by atoms with E-state index < -0.39 is 65.9 Å². The fourth-order valence-corrected chi connectivity index (χ4v) is 17.2. The highest BCUT2D eigenvalue weighted by atomic mass is 32.1. The van der Waals surface area contributed by atoms with Gasteiger partial charge in [-0.2, -0.15) is 5.10 Å². The van der Waals surface area contributed by atoms with Crippen LogP contribution in [0.4, 0.5) is 21.4 Å². The average Bonchev–Trinajstić information content (AvgIpc) is 0.723. The third kappa shape index (κ3) is 16.4. The van der Waals surface area contributed by atoms with Crippen LogP contribution in [0.2, 0.25) is 0 Å².